The van der Waals surface area contributed by atoms with Gasteiger partial charge >= 0.3 is 0 Å². The summed E-state index contributed by atoms with van der Waals surface area (Å²) in [7, 11) is 0. The van der Waals surface area contributed by atoms with Crippen LogP contribution in [0.15, 0.2) is 50.4 Å². The first kappa shape index (κ1) is 19.5. The number of hydrogen-bond donors (Lipinski definition) is 2. The van der Waals surface area contributed by atoms with E-state index in [9.17, 15) is 9.90 Å². The molecule has 27 heavy (non-hydrogen) atoms. The Morgan fingerprint density at radius 3 is 2.70 bits per heavy atom. The van der Waals surface area contributed by atoms with Gasteiger partial charge in [-0.2, -0.15) is 0 Å². The Balaban J connectivity index is 2.17. The second-order valence-electron chi connectivity index (χ2n) is 6.15. The fourth-order valence-corrected chi connectivity index (χ4v) is 3.78. The van der Waals surface area contributed by atoms with Gasteiger partial charge in [0, 0.05) is 24.2 Å². The first-order chi connectivity index (χ1) is 12.8. The predicted octanol–water partition coefficient (Wildman–Crippen LogP) is 5.09. The van der Waals surface area contributed by atoms with Crippen molar-refractivity contribution in [2.45, 2.75) is 13.3 Å². The highest BCUT2D eigenvalue weighted by molar-refractivity contribution is 9.12. The van der Waals surface area contributed by atoms with Crippen LogP contribution in [0.3, 0.4) is 0 Å². The quantitative estimate of drug-likeness (QED) is 0.270. The third kappa shape index (κ3) is 3.75. The number of phenolic OH excluding ortho intramolecular Hbond substituents is 1. The molecule has 0 saturated heterocycles. The molecule has 2 aromatic carbocycles. The van der Waals surface area contributed by atoms with Gasteiger partial charge in [0.2, 0.25) is 11.5 Å². The van der Waals surface area contributed by atoms with E-state index in [2.05, 4.69) is 50.5 Å². The van der Waals surface area contributed by atoms with Gasteiger partial charge in [0.1, 0.15) is 19.0 Å². The summed E-state index contributed by atoms with van der Waals surface area (Å²) >= 11 is 6.55. The Hall–Kier alpha value is -2.25. The summed E-state index contributed by atoms with van der Waals surface area (Å²) in [5.41, 5.74) is 8.94. The second kappa shape index (κ2) is 7.78. The highest BCUT2D eigenvalue weighted by atomic mass is 79.9. The number of ketones is 1. The number of phenols is 1. The average molecular weight is 492 g/mol. The number of nitrogen functional groups attached to an aromatic ring is 1. The number of aromatic hydroxyl groups is 1. The van der Waals surface area contributed by atoms with Gasteiger partial charge in [0.05, 0.1) is 31.5 Å². The molecule has 2 aromatic rings. The Kier molecular flexibility index (Phi) is 5.62. The number of rotatable bonds is 4. The number of allylic oxidation sites excluding steroid dienone is 2. The molecule has 3 N–H and O–H groups in total. The van der Waals surface area contributed by atoms with Crippen LogP contribution >= 0.6 is 31.9 Å². The van der Waals surface area contributed by atoms with Crippen LogP contribution in [0.25, 0.3) is 0 Å². The van der Waals surface area contributed by atoms with Gasteiger partial charge in [-0.25, -0.2) is 9.57 Å². The number of hydrogen-bond acceptors (Lipinski definition) is 4. The smallest absolute Gasteiger partial charge is 0.206 e. The Bertz CT molecular complexity index is 1030. The van der Waals surface area contributed by atoms with Gasteiger partial charge in [-0.1, -0.05) is 13.0 Å². The minimum Gasteiger partial charge on any atom is -0.506 e. The van der Waals surface area contributed by atoms with Crippen LogP contribution in [0.1, 0.15) is 29.3 Å². The van der Waals surface area contributed by atoms with Crippen LogP contribution in [0, 0.1) is 0 Å². The summed E-state index contributed by atoms with van der Waals surface area (Å²) in [6, 6.07) is 9.13. The molecule has 0 aromatic heterocycles. The largest absolute Gasteiger partial charge is 0.506 e. The van der Waals surface area contributed by atoms with E-state index in [0.717, 1.165) is 18.7 Å². The van der Waals surface area contributed by atoms with Crippen molar-refractivity contribution in [1.82, 2.24) is 0 Å². The van der Waals surface area contributed by atoms with Gasteiger partial charge in [-0.15, -0.1) is 0 Å². The van der Waals surface area contributed by atoms with Crippen molar-refractivity contribution in [2.24, 2.45) is 4.99 Å². The van der Waals surface area contributed by atoms with Gasteiger partial charge in [-0.05, 0) is 50.1 Å². The predicted molar refractivity (Wildman–Crippen MR) is 116 cm³/mol. The molecule has 5 nitrogen and oxygen atoms in total. The third-order valence-corrected chi connectivity index (χ3v) is 5.38. The molecule has 138 valence electrons. The minimum absolute atomic E-state index is 0.0662. The maximum absolute atomic E-state index is 12.5. The standard InChI is InChI=1S/C20H17Br2N3O2/c1-3-7-25(2)12-6-4-5-11(8-12)24-16-10-14(22)19(26)17-15(23)9-13(21)20(27)18(16)17/h4-6,8-10H,2-3,7H2,1H3,(H2-,23,24,26,27)/p+1. The van der Waals surface area contributed by atoms with E-state index in [1.165, 1.54) is 6.07 Å². The van der Waals surface area contributed by atoms with Gasteiger partial charge < -0.3 is 10.8 Å². The number of aliphatic imine (C=N–C) groups is 1. The Morgan fingerprint density at radius 2 is 2.00 bits per heavy atom. The first-order valence-electron chi connectivity index (χ1n) is 8.33. The normalized spacial score (nSPS) is 14.9. The lowest BCUT2D eigenvalue weighted by atomic mass is 9.91. The number of benzene rings is 2. The molecule has 0 radical (unpaired) electrons. The highest BCUT2D eigenvalue weighted by Gasteiger charge is 2.29. The second-order valence-corrected chi connectivity index (χ2v) is 7.86. The summed E-state index contributed by atoms with van der Waals surface area (Å²) in [5, 5.41) is 10.5. The summed E-state index contributed by atoms with van der Waals surface area (Å²) in [4.78, 5) is 17.2. The highest BCUT2D eigenvalue weighted by Crippen LogP contribution is 2.40. The van der Waals surface area contributed by atoms with E-state index in [0.29, 0.717) is 25.9 Å². The van der Waals surface area contributed by atoms with Crippen molar-refractivity contribution in [3.8, 4) is 5.75 Å². The molecule has 3 rings (SSSR count). The van der Waals surface area contributed by atoms with E-state index in [1.807, 2.05) is 28.8 Å². The SMILES string of the molecule is C=[N+](CCC)c1cccc(N=C2C=C(Br)C(=O)c3c(N)cc(Br)c(O)c32)c1. The zero-order valence-electron chi connectivity index (χ0n) is 14.7. The lowest BCUT2D eigenvalue weighted by Crippen LogP contribution is -2.17. The van der Waals surface area contributed by atoms with Crippen molar-refractivity contribution >= 4 is 67.1 Å². The van der Waals surface area contributed by atoms with Crippen LogP contribution in [0.4, 0.5) is 17.1 Å². The van der Waals surface area contributed by atoms with Crippen LogP contribution in [0.2, 0.25) is 0 Å². The number of fused-ring (bicyclic) bond motifs is 1. The lowest BCUT2D eigenvalue weighted by molar-refractivity contribution is -0.431. The summed E-state index contributed by atoms with van der Waals surface area (Å²) in [6.45, 7) is 6.95. The Morgan fingerprint density at radius 1 is 1.26 bits per heavy atom. The van der Waals surface area contributed by atoms with Gasteiger partial charge in [0.25, 0.3) is 0 Å². The molecule has 7 heteroatoms. The molecule has 0 atom stereocenters. The minimum atomic E-state index is -0.287. The van der Waals surface area contributed by atoms with E-state index in [4.69, 9.17) is 5.73 Å². The van der Waals surface area contributed by atoms with Crippen LogP contribution < -0.4 is 5.73 Å². The monoisotopic (exact) mass is 490 g/mol. The number of halogens is 2. The van der Waals surface area contributed by atoms with Crippen LogP contribution in [-0.4, -0.2) is 34.4 Å². The molecule has 1 aliphatic rings. The molecule has 0 amide bonds. The molecule has 0 bridgehead atoms. The topological polar surface area (TPSA) is 78.7 Å². The molecule has 0 heterocycles. The molecule has 0 saturated carbocycles. The Labute approximate surface area is 174 Å². The third-order valence-electron chi connectivity index (χ3n) is 4.19. The molecular weight excluding hydrogens is 474 g/mol. The van der Waals surface area contributed by atoms with Crippen molar-refractivity contribution in [3.63, 3.8) is 0 Å². The van der Waals surface area contributed by atoms with Gasteiger partial charge in [0.15, 0.2) is 0 Å². The first-order valence-corrected chi connectivity index (χ1v) is 9.92. The molecule has 0 unspecified atom stereocenters. The number of nitrogens with two attached hydrogens (primary N) is 1. The fourth-order valence-electron chi connectivity index (χ4n) is 2.92. The number of anilines is 1. The van der Waals surface area contributed by atoms with Crippen molar-refractivity contribution < 1.29 is 14.5 Å². The lowest BCUT2D eigenvalue weighted by Gasteiger charge is -2.19. The van der Waals surface area contributed by atoms with E-state index in [1.54, 1.807) is 6.08 Å². The van der Waals surface area contributed by atoms with Gasteiger partial charge in [-0.3, -0.25) is 4.79 Å². The molecular formula is C20H18Br2N3O2+. The number of carbonyl (C=O) groups is 1. The summed E-state index contributed by atoms with van der Waals surface area (Å²) in [5.74, 6) is -0.353. The fraction of sp³-hybridized carbons (Fsp3) is 0.150. The molecule has 1 aliphatic carbocycles. The number of Topliss-reactive ketones (excluding diaryl/α,β-unsaturated/α-hetero) is 1. The molecule has 0 fully saturated rings. The maximum Gasteiger partial charge on any atom is 0.206 e. The van der Waals surface area contributed by atoms with Crippen molar-refractivity contribution in [1.29, 1.82) is 0 Å². The van der Waals surface area contributed by atoms with Crippen LogP contribution in [-0.2, 0) is 0 Å². The zero-order valence-corrected chi connectivity index (χ0v) is 17.8. The van der Waals surface area contributed by atoms with E-state index < -0.39 is 0 Å². The average Bonchev–Trinajstić information content (AvgIpc) is 2.63. The zero-order chi connectivity index (χ0) is 19.7. The molecule has 0 aliphatic heterocycles. The summed E-state index contributed by atoms with van der Waals surface area (Å²) in [6.07, 6.45) is 2.57. The molecule has 0 spiro atoms. The van der Waals surface area contributed by atoms with Crippen molar-refractivity contribution in [2.75, 3.05) is 12.3 Å². The van der Waals surface area contributed by atoms with E-state index in [-0.39, 0.29) is 22.8 Å². The maximum atomic E-state index is 12.5. The number of carbonyl (C=O) groups excluding carboxylic acids is 1. The summed E-state index contributed by atoms with van der Waals surface area (Å²) < 4.78 is 2.65. The van der Waals surface area contributed by atoms with E-state index >= 15 is 0 Å². The van der Waals surface area contributed by atoms with Crippen molar-refractivity contribution in [3.05, 3.63) is 56.5 Å². The number of nitrogens with zero attached hydrogens (tertiary/aromatic N) is 2. The van der Waals surface area contributed by atoms with Crippen LogP contribution in [0.5, 0.6) is 5.75 Å².